The van der Waals surface area contributed by atoms with E-state index in [4.69, 9.17) is 19.9 Å². The summed E-state index contributed by atoms with van der Waals surface area (Å²) in [6.07, 6.45) is -5.72. The number of fused-ring (bicyclic) bond motifs is 1. The maximum absolute atomic E-state index is 12.1. The highest BCUT2D eigenvalue weighted by atomic mass is 16.7. The lowest BCUT2D eigenvalue weighted by Crippen LogP contribution is -2.46. The summed E-state index contributed by atoms with van der Waals surface area (Å²) in [5, 5.41) is 44.3. The second-order valence-electron chi connectivity index (χ2n) is 7.73. The maximum atomic E-state index is 12.1. The van der Waals surface area contributed by atoms with Crippen LogP contribution in [0.2, 0.25) is 0 Å². The van der Waals surface area contributed by atoms with E-state index in [1.165, 1.54) is 42.6 Å². The van der Waals surface area contributed by atoms with Gasteiger partial charge in [-0.15, -0.1) is 0 Å². The fourth-order valence-corrected chi connectivity index (χ4v) is 3.79. The Morgan fingerprint density at radius 2 is 2.12 bits per heavy atom. The van der Waals surface area contributed by atoms with Crippen LogP contribution in [0, 0.1) is 11.3 Å². The summed E-state index contributed by atoms with van der Waals surface area (Å²) < 4.78 is 16.9. The van der Waals surface area contributed by atoms with Gasteiger partial charge in [0, 0.05) is 0 Å². The molecule has 178 valence electrons. The van der Waals surface area contributed by atoms with E-state index in [9.17, 15) is 30.2 Å². The molecule has 1 fully saturated rings. The van der Waals surface area contributed by atoms with Crippen LogP contribution in [0.3, 0.4) is 0 Å². The number of nitrogens with two attached hydrogens (primary N) is 1. The molecule has 0 spiro atoms. The first-order valence-electron chi connectivity index (χ1n) is 9.80. The lowest BCUT2D eigenvalue weighted by atomic mass is 9.92. The van der Waals surface area contributed by atoms with E-state index in [-0.39, 0.29) is 11.5 Å². The normalized spacial score (nSPS) is 26.6. The van der Waals surface area contributed by atoms with Crippen molar-refractivity contribution in [3.8, 4) is 6.07 Å². The van der Waals surface area contributed by atoms with E-state index in [0.29, 0.717) is 5.52 Å². The molecule has 3 heterocycles. The van der Waals surface area contributed by atoms with Crippen molar-refractivity contribution >= 4 is 23.5 Å². The molecule has 14 nitrogen and oxygen atoms in total. The topological polar surface area (TPSA) is 206 Å². The summed E-state index contributed by atoms with van der Waals surface area (Å²) in [7, 11) is 3.03. The highest BCUT2D eigenvalue weighted by molar-refractivity contribution is 5.74. The number of aliphatic hydroxyl groups is 2. The molecule has 0 saturated carbocycles. The Morgan fingerprint density at radius 3 is 2.73 bits per heavy atom. The zero-order valence-corrected chi connectivity index (χ0v) is 18.0. The van der Waals surface area contributed by atoms with Gasteiger partial charge in [-0.3, -0.25) is 9.69 Å². The lowest BCUT2D eigenvalue weighted by Gasteiger charge is -2.26. The largest absolute Gasteiger partial charge is 0.508 e. The number of rotatable bonds is 7. The number of carbonyl (C=O) groups excluding carboxylic acids is 1. The number of aliphatic carboxylic acids is 1. The van der Waals surface area contributed by atoms with Crippen LogP contribution in [0.25, 0.3) is 5.52 Å². The molecule has 0 unspecified atom stereocenters. The van der Waals surface area contributed by atoms with Crippen LogP contribution in [0.1, 0.15) is 12.6 Å². The monoisotopic (exact) mass is 464 g/mol. The fourth-order valence-electron chi connectivity index (χ4n) is 3.79. The number of aliphatic hydroxyl groups excluding tert-OH is 2. The molecule has 2 aromatic heterocycles. The van der Waals surface area contributed by atoms with Gasteiger partial charge in [-0.2, -0.15) is 10.4 Å². The van der Waals surface area contributed by atoms with Crippen molar-refractivity contribution < 1.29 is 39.1 Å². The number of carboxylic acids is 1. The Morgan fingerprint density at radius 1 is 1.42 bits per heavy atom. The van der Waals surface area contributed by atoms with Crippen LogP contribution in [-0.4, -0.2) is 98.1 Å². The van der Waals surface area contributed by atoms with Crippen LogP contribution >= 0.6 is 0 Å². The molecule has 33 heavy (non-hydrogen) atoms. The van der Waals surface area contributed by atoms with Crippen molar-refractivity contribution in [2.24, 2.45) is 0 Å². The number of likely N-dealkylation sites (N-methyl/N-ethyl adjacent to an activating group) is 1. The molecule has 1 aliphatic rings. The average molecular weight is 464 g/mol. The third kappa shape index (κ3) is 4.26. The highest BCUT2D eigenvalue weighted by Gasteiger charge is 2.58. The Labute approximate surface area is 187 Å². The number of nitriles is 1. The molecule has 14 heteroatoms. The van der Waals surface area contributed by atoms with Crippen molar-refractivity contribution in [2.45, 2.75) is 43.0 Å². The van der Waals surface area contributed by atoms with Crippen molar-refractivity contribution in [3.63, 3.8) is 0 Å². The summed E-state index contributed by atoms with van der Waals surface area (Å²) >= 11 is 0. The van der Waals surface area contributed by atoms with Crippen LogP contribution < -0.4 is 5.73 Å². The van der Waals surface area contributed by atoms with Gasteiger partial charge in [0.1, 0.15) is 55.0 Å². The summed E-state index contributed by atoms with van der Waals surface area (Å²) in [5.41, 5.74) is 4.21. The molecule has 0 radical (unpaired) electrons. The second kappa shape index (κ2) is 9.16. The zero-order valence-electron chi connectivity index (χ0n) is 18.0. The summed E-state index contributed by atoms with van der Waals surface area (Å²) in [5.74, 6) is -1.06. The smallest absolute Gasteiger partial charge is 0.480 e. The van der Waals surface area contributed by atoms with Gasteiger partial charge < -0.3 is 35.3 Å². The number of nitrogen functional groups attached to an aromatic ring is 1. The molecule has 2 aromatic rings. The fraction of sp³-hybridized carbons (Fsp3) is 0.526. The summed E-state index contributed by atoms with van der Waals surface area (Å²) in [4.78, 5) is 28.6. The van der Waals surface area contributed by atoms with Crippen molar-refractivity contribution in [1.29, 1.82) is 5.26 Å². The minimum atomic E-state index is -2.04. The number of ether oxygens (including phenoxy) is 3. The number of aromatic nitrogens is 3. The Bertz CT molecular complexity index is 1080. The van der Waals surface area contributed by atoms with E-state index in [0.717, 1.165) is 6.33 Å². The van der Waals surface area contributed by atoms with E-state index in [1.54, 1.807) is 0 Å². The van der Waals surface area contributed by atoms with Crippen molar-refractivity contribution in [1.82, 2.24) is 19.5 Å². The molecular weight excluding hydrogens is 440 g/mol. The maximum Gasteiger partial charge on any atom is 0.508 e. The zero-order chi connectivity index (χ0) is 24.5. The van der Waals surface area contributed by atoms with E-state index in [2.05, 4.69) is 10.1 Å². The molecule has 0 aromatic carbocycles. The third-order valence-electron chi connectivity index (χ3n) is 5.39. The lowest BCUT2D eigenvalue weighted by molar-refractivity contribution is -0.146. The van der Waals surface area contributed by atoms with Gasteiger partial charge in [-0.05, 0) is 33.2 Å². The molecule has 6 atom stereocenters. The minimum absolute atomic E-state index is 0.0923. The summed E-state index contributed by atoms with van der Waals surface area (Å²) in [6.45, 7) is 0.810. The van der Waals surface area contributed by atoms with Crippen LogP contribution in [-0.2, 0) is 24.6 Å². The summed E-state index contributed by atoms with van der Waals surface area (Å²) in [6, 6.07) is 3.73. The van der Waals surface area contributed by atoms with Crippen LogP contribution in [0.4, 0.5) is 10.6 Å². The van der Waals surface area contributed by atoms with E-state index >= 15 is 0 Å². The van der Waals surface area contributed by atoms with Crippen LogP contribution in [0.15, 0.2) is 18.5 Å². The molecule has 0 amide bonds. The van der Waals surface area contributed by atoms with Crippen molar-refractivity contribution in [2.75, 3.05) is 26.4 Å². The SMILES string of the molecule is C[C@@H](OC(=O)OC[C@H]1O[C@@](C#N)(c2ccc3c(N)ncnn23)[C@H](O)[C@@H]1O)[C@@H](C(=O)O)N(C)C. The number of nitrogens with zero attached hydrogens (tertiary/aromatic N) is 5. The quantitative estimate of drug-likeness (QED) is 0.352. The number of anilines is 1. The van der Waals surface area contributed by atoms with Gasteiger partial charge in [0.2, 0.25) is 5.60 Å². The van der Waals surface area contributed by atoms with Gasteiger partial charge in [0.25, 0.3) is 0 Å². The number of hydrogen-bond acceptors (Lipinski definition) is 12. The Hall–Kier alpha value is -3.51. The van der Waals surface area contributed by atoms with E-state index in [1.807, 2.05) is 6.07 Å². The van der Waals surface area contributed by atoms with Gasteiger partial charge in [-0.25, -0.2) is 14.3 Å². The molecular formula is C19H24N6O8. The molecule has 5 N–H and O–H groups in total. The standard InChI is InChI=1S/C19H24N6O8/c1-9(13(17(28)29)24(2)3)32-18(30)31-6-11-14(26)15(27)19(7-20,33-11)12-5-4-10-16(21)22-8-23-25(10)12/h4-5,8-9,11,13-15,26-27H,6H2,1-3H3,(H,28,29)(H2,21,22,23)/t9-,11-,13+,14-,15-,19+/m1/s1. The molecule has 1 saturated heterocycles. The van der Waals surface area contributed by atoms with Gasteiger partial charge in [0.05, 0.1) is 5.69 Å². The minimum Gasteiger partial charge on any atom is -0.480 e. The predicted molar refractivity (Wildman–Crippen MR) is 109 cm³/mol. The number of carbonyl (C=O) groups is 2. The highest BCUT2D eigenvalue weighted by Crippen LogP contribution is 2.40. The second-order valence-corrected chi connectivity index (χ2v) is 7.73. The van der Waals surface area contributed by atoms with Gasteiger partial charge in [-0.1, -0.05) is 0 Å². The Balaban J connectivity index is 1.73. The van der Waals surface area contributed by atoms with Crippen LogP contribution in [0.5, 0.6) is 0 Å². The molecule has 0 bridgehead atoms. The van der Waals surface area contributed by atoms with Crippen molar-refractivity contribution in [3.05, 3.63) is 24.2 Å². The first-order chi connectivity index (χ1) is 15.5. The predicted octanol–water partition coefficient (Wildman–Crippen LogP) is -1.29. The third-order valence-corrected chi connectivity index (χ3v) is 5.39. The number of hydrogen-bond donors (Lipinski definition) is 4. The molecule has 0 aliphatic carbocycles. The Kier molecular flexibility index (Phi) is 6.70. The van der Waals surface area contributed by atoms with Gasteiger partial charge in [0.15, 0.2) is 5.82 Å². The van der Waals surface area contributed by atoms with E-state index < -0.39 is 54.8 Å². The first-order valence-corrected chi connectivity index (χ1v) is 9.80. The van der Waals surface area contributed by atoms with Gasteiger partial charge >= 0.3 is 12.1 Å². The molecule has 3 rings (SSSR count). The number of carboxylic acid groups (broad SMARTS) is 1. The first kappa shape index (κ1) is 24.1. The average Bonchev–Trinajstić information content (AvgIpc) is 3.28. The molecule has 1 aliphatic heterocycles.